The molecule has 1 heterocycles. The van der Waals surface area contributed by atoms with Crippen LogP contribution in [0.4, 0.5) is 0 Å². The molecular formula is C12H19NO. The van der Waals surface area contributed by atoms with E-state index in [1.165, 1.54) is 5.56 Å². The number of aliphatic hydroxyl groups is 1. The van der Waals surface area contributed by atoms with Crippen LogP contribution in [0.15, 0.2) is 18.3 Å². The summed E-state index contributed by atoms with van der Waals surface area (Å²) in [5.41, 5.74) is 1.52. The Morgan fingerprint density at radius 3 is 2.57 bits per heavy atom. The van der Waals surface area contributed by atoms with Crippen LogP contribution in [0.3, 0.4) is 0 Å². The third kappa shape index (κ3) is 2.32. The van der Waals surface area contributed by atoms with Crippen molar-refractivity contribution in [1.82, 2.24) is 4.98 Å². The van der Waals surface area contributed by atoms with Crippen molar-refractivity contribution >= 4 is 0 Å². The molecule has 1 saturated carbocycles. The Labute approximate surface area is 86.0 Å². The fourth-order valence-corrected chi connectivity index (χ4v) is 1.32. The van der Waals surface area contributed by atoms with E-state index in [4.69, 9.17) is 0 Å². The van der Waals surface area contributed by atoms with Crippen molar-refractivity contribution in [2.24, 2.45) is 0 Å². The average Bonchev–Trinajstić information content (AvgIpc) is 3.01. The molecule has 2 heteroatoms. The first-order valence-electron chi connectivity index (χ1n) is 5.42. The van der Waals surface area contributed by atoms with Gasteiger partial charge >= 0.3 is 0 Å². The number of aromatic nitrogens is 1. The van der Waals surface area contributed by atoms with Crippen LogP contribution in [-0.4, -0.2) is 10.1 Å². The van der Waals surface area contributed by atoms with Crippen LogP contribution < -0.4 is 0 Å². The van der Waals surface area contributed by atoms with Gasteiger partial charge in [0.05, 0.1) is 5.69 Å². The Morgan fingerprint density at radius 2 is 2.07 bits per heavy atom. The van der Waals surface area contributed by atoms with Crippen molar-refractivity contribution in [2.45, 2.75) is 45.6 Å². The average molecular weight is 193 g/mol. The Hall–Kier alpha value is -0.890. The van der Waals surface area contributed by atoms with Crippen molar-refractivity contribution in [3.8, 4) is 0 Å². The van der Waals surface area contributed by atoms with Crippen molar-refractivity contribution in [3.63, 3.8) is 0 Å². The number of rotatable bonds is 2. The minimum Gasteiger partial charge on any atom is -0.384 e. The molecule has 0 radical (unpaired) electrons. The van der Waals surface area contributed by atoms with Gasteiger partial charge in [0.25, 0.3) is 0 Å². The normalized spacial score (nSPS) is 16.9. The van der Waals surface area contributed by atoms with Crippen LogP contribution in [0.5, 0.6) is 0 Å². The predicted octanol–water partition coefficient (Wildman–Crippen LogP) is 2.65. The molecule has 0 spiro atoms. The lowest BCUT2D eigenvalue weighted by Crippen LogP contribution is -2.07. The van der Waals surface area contributed by atoms with Gasteiger partial charge in [0.1, 0.15) is 5.60 Å². The van der Waals surface area contributed by atoms with Gasteiger partial charge in [-0.25, -0.2) is 0 Å². The fourth-order valence-electron chi connectivity index (χ4n) is 1.32. The van der Waals surface area contributed by atoms with Gasteiger partial charge in [0.2, 0.25) is 0 Å². The highest BCUT2D eigenvalue weighted by atomic mass is 16.3. The van der Waals surface area contributed by atoms with Gasteiger partial charge in [-0.05, 0) is 37.0 Å². The summed E-state index contributed by atoms with van der Waals surface area (Å²) in [6, 6.07) is 4.00. The standard InChI is InChI=1S/C10H13NO.C2H6/c1-2-8-3-6-11-9(7-8)10(12)4-5-10;1-2/h3,6-7,12H,2,4-5H2,1H3;1-2H3. The zero-order chi connectivity index (χ0) is 10.6. The highest BCUT2D eigenvalue weighted by molar-refractivity contribution is 5.24. The van der Waals surface area contributed by atoms with Crippen molar-refractivity contribution < 1.29 is 5.11 Å². The summed E-state index contributed by atoms with van der Waals surface area (Å²) in [4.78, 5) is 4.17. The van der Waals surface area contributed by atoms with Crippen molar-refractivity contribution in [2.75, 3.05) is 0 Å². The molecule has 14 heavy (non-hydrogen) atoms. The van der Waals surface area contributed by atoms with E-state index in [1.807, 2.05) is 26.0 Å². The largest absolute Gasteiger partial charge is 0.384 e. The first-order chi connectivity index (χ1) is 6.74. The third-order valence-corrected chi connectivity index (χ3v) is 2.43. The number of hydrogen-bond acceptors (Lipinski definition) is 2. The molecule has 1 aromatic rings. The SMILES string of the molecule is CC.CCc1ccnc(C2(O)CC2)c1. The lowest BCUT2D eigenvalue weighted by atomic mass is 10.1. The van der Waals surface area contributed by atoms with Gasteiger partial charge in [0, 0.05) is 6.20 Å². The maximum atomic E-state index is 9.76. The molecule has 2 nitrogen and oxygen atoms in total. The molecular weight excluding hydrogens is 174 g/mol. The molecule has 1 N–H and O–H groups in total. The molecule has 0 atom stereocenters. The molecule has 0 aliphatic heterocycles. The van der Waals surface area contributed by atoms with E-state index in [2.05, 4.69) is 11.9 Å². The first kappa shape index (κ1) is 11.2. The molecule has 0 unspecified atom stereocenters. The summed E-state index contributed by atoms with van der Waals surface area (Å²) >= 11 is 0. The highest BCUT2D eigenvalue weighted by Gasteiger charge is 2.43. The molecule has 1 fully saturated rings. The maximum Gasteiger partial charge on any atom is 0.107 e. The summed E-state index contributed by atoms with van der Waals surface area (Å²) < 4.78 is 0. The topological polar surface area (TPSA) is 33.1 Å². The Morgan fingerprint density at radius 1 is 1.43 bits per heavy atom. The molecule has 0 amide bonds. The lowest BCUT2D eigenvalue weighted by Gasteiger charge is -2.07. The summed E-state index contributed by atoms with van der Waals surface area (Å²) in [7, 11) is 0. The zero-order valence-corrected chi connectivity index (χ0v) is 9.25. The summed E-state index contributed by atoms with van der Waals surface area (Å²) in [6.45, 7) is 6.11. The van der Waals surface area contributed by atoms with Crippen LogP contribution in [-0.2, 0) is 12.0 Å². The van der Waals surface area contributed by atoms with E-state index in [-0.39, 0.29) is 0 Å². The Balaban J connectivity index is 0.000000461. The smallest absolute Gasteiger partial charge is 0.107 e. The van der Waals surface area contributed by atoms with Crippen LogP contribution in [0.1, 0.15) is 44.9 Å². The quantitative estimate of drug-likeness (QED) is 0.783. The second kappa shape index (κ2) is 4.56. The van der Waals surface area contributed by atoms with Crippen molar-refractivity contribution in [1.29, 1.82) is 0 Å². The minimum atomic E-state index is -0.578. The van der Waals surface area contributed by atoms with E-state index < -0.39 is 5.60 Å². The van der Waals surface area contributed by atoms with E-state index in [0.717, 1.165) is 25.0 Å². The molecule has 1 aliphatic carbocycles. The monoisotopic (exact) mass is 193 g/mol. The molecule has 0 bridgehead atoms. The third-order valence-electron chi connectivity index (χ3n) is 2.43. The molecule has 78 valence electrons. The first-order valence-corrected chi connectivity index (χ1v) is 5.42. The fraction of sp³-hybridized carbons (Fsp3) is 0.583. The number of pyridine rings is 1. The number of nitrogens with zero attached hydrogens (tertiary/aromatic N) is 1. The zero-order valence-electron chi connectivity index (χ0n) is 9.25. The van der Waals surface area contributed by atoms with E-state index in [0.29, 0.717) is 0 Å². The van der Waals surface area contributed by atoms with E-state index >= 15 is 0 Å². The Bertz CT molecular complexity index is 292. The van der Waals surface area contributed by atoms with Gasteiger partial charge in [-0.15, -0.1) is 0 Å². The van der Waals surface area contributed by atoms with Gasteiger partial charge in [0.15, 0.2) is 0 Å². The summed E-state index contributed by atoms with van der Waals surface area (Å²) in [6.07, 6.45) is 4.52. The highest BCUT2D eigenvalue weighted by Crippen LogP contribution is 2.44. The molecule has 0 saturated heterocycles. The van der Waals surface area contributed by atoms with Crippen LogP contribution in [0.2, 0.25) is 0 Å². The molecule has 1 aliphatic rings. The van der Waals surface area contributed by atoms with E-state index in [9.17, 15) is 5.11 Å². The van der Waals surface area contributed by atoms with Crippen LogP contribution in [0.25, 0.3) is 0 Å². The molecule has 1 aromatic heterocycles. The number of aryl methyl sites for hydroxylation is 1. The molecule has 0 aromatic carbocycles. The van der Waals surface area contributed by atoms with Gasteiger partial charge in [-0.1, -0.05) is 20.8 Å². The van der Waals surface area contributed by atoms with Gasteiger partial charge in [-0.3, -0.25) is 4.98 Å². The van der Waals surface area contributed by atoms with Gasteiger partial charge < -0.3 is 5.11 Å². The van der Waals surface area contributed by atoms with Crippen LogP contribution >= 0.6 is 0 Å². The summed E-state index contributed by atoms with van der Waals surface area (Å²) in [5.74, 6) is 0. The lowest BCUT2D eigenvalue weighted by molar-refractivity contribution is 0.146. The summed E-state index contributed by atoms with van der Waals surface area (Å²) in [5, 5.41) is 9.76. The van der Waals surface area contributed by atoms with Crippen molar-refractivity contribution in [3.05, 3.63) is 29.6 Å². The Kier molecular flexibility index (Phi) is 3.64. The maximum absolute atomic E-state index is 9.76. The molecule has 2 rings (SSSR count). The number of hydrogen-bond donors (Lipinski definition) is 1. The second-order valence-electron chi connectivity index (χ2n) is 3.43. The van der Waals surface area contributed by atoms with E-state index in [1.54, 1.807) is 6.20 Å². The second-order valence-corrected chi connectivity index (χ2v) is 3.43. The van der Waals surface area contributed by atoms with Crippen LogP contribution in [0, 0.1) is 0 Å². The van der Waals surface area contributed by atoms with Gasteiger partial charge in [-0.2, -0.15) is 0 Å². The minimum absolute atomic E-state index is 0.578. The predicted molar refractivity (Wildman–Crippen MR) is 58.1 cm³/mol.